The minimum absolute atomic E-state index is 0. The number of aryl methyl sites for hydroxylation is 1. The van der Waals surface area contributed by atoms with E-state index in [0.29, 0.717) is 40.4 Å². The number of esters is 1. The number of fused-ring (bicyclic) bond motifs is 1. The van der Waals surface area contributed by atoms with Crippen LogP contribution in [0.15, 0.2) is 66.7 Å². The number of carbonyl (C=O) groups is 2. The van der Waals surface area contributed by atoms with E-state index in [1.165, 1.54) is 4.90 Å². The molecule has 10 nitrogen and oxygen atoms in total. The second-order valence-electron chi connectivity index (χ2n) is 8.21. The van der Waals surface area contributed by atoms with E-state index >= 15 is 0 Å². The minimum Gasteiger partial charge on any atom is -0.465 e. The summed E-state index contributed by atoms with van der Waals surface area (Å²) in [6.07, 6.45) is -0.701. The molecule has 0 aliphatic rings. The number of anilines is 2. The van der Waals surface area contributed by atoms with Crippen LogP contribution in [0.5, 0.6) is 5.75 Å². The first-order valence-electron chi connectivity index (χ1n) is 11.7. The molecule has 0 spiro atoms. The van der Waals surface area contributed by atoms with E-state index in [9.17, 15) is 9.59 Å². The van der Waals surface area contributed by atoms with E-state index in [0.717, 1.165) is 11.2 Å². The molecule has 0 unspecified atom stereocenters. The highest BCUT2D eigenvalue weighted by atomic mass is 35.5. The predicted molar refractivity (Wildman–Crippen MR) is 149 cm³/mol. The van der Waals surface area contributed by atoms with Crippen LogP contribution in [0.4, 0.5) is 16.2 Å². The highest BCUT2D eigenvalue weighted by molar-refractivity contribution is 5.96. The van der Waals surface area contributed by atoms with Gasteiger partial charge in [-0.05, 0) is 62.4 Å². The number of carbonyl (C=O) groups excluding carboxylic acids is 2. The molecule has 0 saturated carbocycles. The van der Waals surface area contributed by atoms with E-state index in [2.05, 4.69) is 15.3 Å². The van der Waals surface area contributed by atoms with E-state index in [1.807, 2.05) is 25.1 Å². The summed E-state index contributed by atoms with van der Waals surface area (Å²) in [5.74, 6) is 0.526. The van der Waals surface area contributed by atoms with Crippen LogP contribution >= 0.6 is 12.4 Å². The first kappa shape index (κ1) is 28.0. The maximum absolute atomic E-state index is 13.1. The fourth-order valence-corrected chi connectivity index (χ4v) is 3.75. The summed E-state index contributed by atoms with van der Waals surface area (Å²) in [7, 11) is 0. The number of H-pyrrole nitrogens is 1. The summed E-state index contributed by atoms with van der Waals surface area (Å²) < 4.78 is 10.7. The van der Waals surface area contributed by atoms with E-state index in [1.54, 1.807) is 55.5 Å². The van der Waals surface area contributed by atoms with Crippen molar-refractivity contribution in [3.05, 3.63) is 83.7 Å². The fraction of sp³-hybridized carbons (Fsp3) is 0.185. The molecular weight excluding hydrogens is 508 g/mol. The molecule has 4 rings (SSSR count). The molecular formula is C27H29ClN6O4. The van der Waals surface area contributed by atoms with Crippen LogP contribution in [0.25, 0.3) is 11.0 Å². The Hall–Kier alpha value is -4.57. The van der Waals surface area contributed by atoms with Gasteiger partial charge in [0.15, 0.2) is 0 Å². The third kappa shape index (κ3) is 6.60. The topological polar surface area (TPSA) is 146 Å². The number of nitrogen functional groups attached to an aromatic ring is 1. The zero-order valence-electron chi connectivity index (χ0n) is 21.0. The Kier molecular flexibility index (Phi) is 9.28. The molecule has 38 heavy (non-hydrogen) atoms. The molecule has 0 fully saturated rings. The van der Waals surface area contributed by atoms with Crippen LogP contribution in [-0.4, -0.2) is 41.0 Å². The van der Waals surface area contributed by atoms with Crippen LogP contribution in [0.1, 0.15) is 23.9 Å². The number of benzene rings is 3. The third-order valence-corrected chi connectivity index (χ3v) is 5.64. The lowest BCUT2D eigenvalue weighted by molar-refractivity contribution is -0.141. The molecule has 11 heteroatoms. The number of rotatable bonds is 9. The van der Waals surface area contributed by atoms with E-state index in [4.69, 9.17) is 20.6 Å². The van der Waals surface area contributed by atoms with Gasteiger partial charge in [-0.1, -0.05) is 18.2 Å². The summed E-state index contributed by atoms with van der Waals surface area (Å²) in [6, 6.07) is 19.5. The summed E-state index contributed by atoms with van der Waals surface area (Å²) in [5, 5.41) is 10.8. The van der Waals surface area contributed by atoms with Crippen molar-refractivity contribution < 1.29 is 19.1 Å². The van der Waals surface area contributed by atoms with Crippen molar-refractivity contribution >= 4 is 52.7 Å². The van der Waals surface area contributed by atoms with Crippen molar-refractivity contribution in [2.24, 2.45) is 5.73 Å². The molecule has 198 valence electrons. The summed E-state index contributed by atoms with van der Waals surface area (Å²) in [5.41, 5.74) is 9.69. The molecule has 0 atom stereocenters. The molecule has 5 N–H and O–H groups in total. The maximum atomic E-state index is 13.1. The molecule has 4 aromatic rings. The van der Waals surface area contributed by atoms with Gasteiger partial charge in [-0.15, -0.1) is 12.4 Å². The number of hydrogen-bond acceptors (Lipinski definition) is 7. The van der Waals surface area contributed by atoms with Crippen LogP contribution < -0.4 is 20.7 Å². The van der Waals surface area contributed by atoms with Gasteiger partial charge in [-0.25, -0.2) is 9.78 Å². The predicted octanol–water partition coefficient (Wildman–Crippen LogP) is 4.76. The average molecular weight is 537 g/mol. The summed E-state index contributed by atoms with van der Waals surface area (Å²) in [4.78, 5) is 34.4. The van der Waals surface area contributed by atoms with Crippen molar-refractivity contribution in [2.45, 2.75) is 20.4 Å². The number of amidine groups is 1. The molecule has 0 bridgehead atoms. The number of ether oxygens (including phenoxy) is 2. The Morgan fingerprint density at radius 2 is 1.79 bits per heavy atom. The Bertz CT molecular complexity index is 1420. The fourth-order valence-electron chi connectivity index (χ4n) is 3.75. The average Bonchev–Trinajstić information content (AvgIpc) is 3.32. The van der Waals surface area contributed by atoms with Gasteiger partial charge in [0.05, 0.1) is 24.2 Å². The smallest absolute Gasteiger partial charge is 0.420 e. The van der Waals surface area contributed by atoms with E-state index < -0.39 is 12.1 Å². The van der Waals surface area contributed by atoms with Gasteiger partial charge < -0.3 is 25.5 Å². The van der Waals surface area contributed by atoms with Crippen molar-refractivity contribution in [2.75, 3.05) is 23.4 Å². The number of nitrogens with zero attached hydrogens (tertiary/aromatic N) is 2. The number of aromatic amines is 1. The number of nitrogens with two attached hydrogens (primary N) is 1. The Labute approximate surface area is 226 Å². The normalized spacial score (nSPS) is 10.4. The van der Waals surface area contributed by atoms with Gasteiger partial charge in [0.2, 0.25) is 0 Å². The molecule has 0 saturated heterocycles. The van der Waals surface area contributed by atoms with Crippen molar-refractivity contribution in [1.82, 2.24) is 9.97 Å². The van der Waals surface area contributed by atoms with Crippen molar-refractivity contribution in [1.29, 1.82) is 5.41 Å². The standard InChI is InChI=1S/C27H28N6O4.ClH/c1-3-36-24(34)16-33(20-7-5-4-6-8-20)27(35)37-22-14-13-21-25(17(22)2)32-23(31-21)15-30-19-11-9-18(10-12-19)26(28)29;/h4-14,30H,3,15-16H2,1-2H3,(H3,28,29)(H,31,32);1H. The highest BCUT2D eigenvalue weighted by Gasteiger charge is 2.23. The van der Waals surface area contributed by atoms with E-state index in [-0.39, 0.29) is 31.4 Å². The third-order valence-electron chi connectivity index (χ3n) is 5.64. The zero-order valence-corrected chi connectivity index (χ0v) is 21.8. The van der Waals surface area contributed by atoms with Gasteiger partial charge >= 0.3 is 12.1 Å². The Balaban J connectivity index is 0.00000400. The molecule has 0 radical (unpaired) electrons. The van der Waals surface area contributed by atoms with Crippen LogP contribution in [-0.2, 0) is 16.1 Å². The summed E-state index contributed by atoms with van der Waals surface area (Å²) in [6.45, 7) is 3.90. The van der Waals surface area contributed by atoms with Crippen molar-refractivity contribution in [3.63, 3.8) is 0 Å². The van der Waals surface area contributed by atoms with Gasteiger partial charge in [-0.2, -0.15) is 0 Å². The van der Waals surface area contributed by atoms with Gasteiger partial charge in [0, 0.05) is 22.5 Å². The van der Waals surface area contributed by atoms with Gasteiger partial charge in [-0.3, -0.25) is 15.1 Å². The highest BCUT2D eigenvalue weighted by Crippen LogP contribution is 2.27. The zero-order chi connectivity index (χ0) is 26.4. The number of hydrogen-bond donors (Lipinski definition) is 4. The molecule has 1 heterocycles. The minimum atomic E-state index is -0.701. The number of nitrogens with one attached hydrogen (secondary N) is 3. The number of halogens is 1. The largest absolute Gasteiger partial charge is 0.465 e. The number of imidazole rings is 1. The quantitative estimate of drug-likeness (QED) is 0.137. The molecule has 3 aromatic carbocycles. The number of amides is 1. The molecule has 1 aromatic heterocycles. The molecule has 1 amide bonds. The molecule has 0 aliphatic heterocycles. The summed E-state index contributed by atoms with van der Waals surface area (Å²) >= 11 is 0. The number of para-hydroxylation sites is 1. The first-order valence-corrected chi connectivity index (χ1v) is 11.7. The second-order valence-corrected chi connectivity index (χ2v) is 8.21. The Morgan fingerprint density at radius 1 is 1.08 bits per heavy atom. The lowest BCUT2D eigenvalue weighted by atomic mass is 10.2. The first-order chi connectivity index (χ1) is 17.9. The second kappa shape index (κ2) is 12.6. The SMILES string of the molecule is CCOC(=O)CN(C(=O)Oc1ccc2[nH]c(CNc3ccc(C(=N)N)cc3)nc2c1C)c1ccccc1.Cl. The van der Waals surface area contributed by atoms with Gasteiger partial charge in [0.1, 0.15) is 24.0 Å². The lowest BCUT2D eigenvalue weighted by Gasteiger charge is -2.21. The van der Waals surface area contributed by atoms with Crippen LogP contribution in [0.2, 0.25) is 0 Å². The van der Waals surface area contributed by atoms with Crippen LogP contribution in [0, 0.1) is 12.3 Å². The van der Waals surface area contributed by atoms with Gasteiger partial charge in [0.25, 0.3) is 0 Å². The molecule has 0 aliphatic carbocycles. The Morgan fingerprint density at radius 3 is 2.45 bits per heavy atom. The monoisotopic (exact) mass is 536 g/mol. The number of aromatic nitrogens is 2. The van der Waals surface area contributed by atoms with Crippen LogP contribution in [0.3, 0.4) is 0 Å². The maximum Gasteiger partial charge on any atom is 0.420 e. The lowest BCUT2D eigenvalue weighted by Crippen LogP contribution is -2.38. The van der Waals surface area contributed by atoms with Crippen molar-refractivity contribution in [3.8, 4) is 5.75 Å².